The smallest absolute Gasteiger partial charge is 0.287 e. The predicted molar refractivity (Wildman–Crippen MR) is 75.7 cm³/mol. The van der Waals surface area contributed by atoms with Crippen LogP contribution in [0.2, 0.25) is 5.02 Å². The summed E-state index contributed by atoms with van der Waals surface area (Å²) in [7, 11) is -0.805. The maximum atomic E-state index is 11.8. The van der Waals surface area contributed by atoms with Gasteiger partial charge in [-0.25, -0.2) is 4.68 Å². The molecule has 0 spiro atoms. The highest BCUT2D eigenvalue weighted by Gasteiger charge is 2.07. The van der Waals surface area contributed by atoms with Gasteiger partial charge in [0.1, 0.15) is 5.02 Å². The molecule has 18 heavy (non-hydrogen) atoms. The van der Waals surface area contributed by atoms with E-state index in [0.29, 0.717) is 24.5 Å². The maximum absolute atomic E-state index is 11.8. The molecule has 0 saturated heterocycles. The number of halogens is 1. The van der Waals surface area contributed by atoms with Crippen molar-refractivity contribution in [2.24, 2.45) is 0 Å². The van der Waals surface area contributed by atoms with Crippen molar-refractivity contribution >= 4 is 28.1 Å². The summed E-state index contributed by atoms with van der Waals surface area (Å²) in [4.78, 5) is 11.8. The molecule has 1 N–H and O–H groups in total. The molecule has 0 radical (unpaired) electrons. The molecule has 100 valence electrons. The van der Waals surface area contributed by atoms with Gasteiger partial charge in [0.15, 0.2) is 0 Å². The fourth-order valence-electron chi connectivity index (χ4n) is 1.34. The van der Waals surface area contributed by atoms with E-state index in [2.05, 4.69) is 17.0 Å². The Bertz CT molecular complexity index is 502. The molecule has 1 aromatic heterocycles. The first kappa shape index (κ1) is 14.9. The molecule has 1 aromatic rings. The van der Waals surface area contributed by atoms with E-state index in [9.17, 15) is 9.00 Å². The van der Waals surface area contributed by atoms with Gasteiger partial charge in [0, 0.05) is 29.4 Å². The standard InChI is InChI=1S/C11H16ClN3O2S/c1-3-6-15-11(16)10(12)9(8-14-15)13-5-4-7-18(2)17/h3,8,13H,1,4-7H2,2H3. The molecule has 1 heterocycles. The molecule has 0 saturated carbocycles. The third kappa shape index (κ3) is 4.27. The number of aromatic nitrogens is 2. The van der Waals surface area contributed by atoms with Gasteiger partial charge in [-0.2, -0.15) is 5.10 Å². The van der Waals surface area contributed by atoms with Gasteiger partial charge in [0.25, 0.3) is 5.56 Å². The van der Waals surface area contributed by atoms with Crippen LogP contribution in [0, 0.1) is 0 Å². The first-order valence-electron chi connectivity index (χ1n) is 5.46. The van der Waals surface area contributed by atoms with Crippen LogP contribution in [-0.4, -0.2) is 32.5 Å². The van der Waals surface area contributed by atoms with Crippen molar-refractivity contribution in [3.8, 4) is 0 Å². The zero-order chi connectivity index (χ0) is 13.5. The molecular formula is C11H16ClN3O2S. The first-order chi connectivity index (χ1) is 8.56. The molecule has 0 aliphatic carbocycles. The highest BCUT2D eigenvalue weighted by molar-refractivity contribution is 7.84. The van der Waals surface area contributed by atoms with E-state index in [1.54, 1.807) is 12.3 Å². The Morgan fingerprint density at radius 3 is 3.00 bits per heavy atom. The third-order valence-corrected chi connectivity index (χ3v) is 3.44. The minimum atomic E-state index is -0.805. The molecule has 1 rings (SSSR count). The van der Waals surface area contributed by atoms with Gasteiger partial charge in [0.2, 0.25) is 0 Å². The van der Waals surface area contributed by atoms with Crippen LogP contribution < -0.4 is 10.9 Å². The number of nitrogens with zero attached hydrogens (tertiary/aromatic N) is 2. The van der Waals surface area contributed by atoms with Gasteiger partial charge in [-0.15, -0.1) is 6.58 Å². The second kappa shape index (κ2) is 7.33. The topological polar surface area (TPSA) is 64.0 Å². The number of hydrogen-bond donors (Lipinski definition) is 1. The average Bonchev–Trinajstić information content (AvgIpc) is 2.33. The molecule has 7 heteroatoms. The Morgan fingerprint density at radius 1 is 1.67 bits per heavy atom. The molecule has 1 unspecified atom stereocenters. The van der Waals surface area contributed by atoms with Crippen molar-refractivity contribution in [2.45, 2.75) is 13.0 Å². The van der Waals surface area contributed by atoms with Gasteiger partial charge in [-0.05, 0) is 6.42 Å². The summed E-state index contributed by atoms with van der Waals surface area (Å²) in [6.07, 6.45) is 5.49. The molecule has 0 fully saturated rings. The third-order valence-electron chi connectivity index (χ3n) is 2.21. The number of rotatable bonds is 7. The highest BCUT2D eigenvalue weighted by Crippen LogP contribution is 2.14. The first-order valence-corrected chi connectivity index (χ1v) is 7.57. The number of anilines is 1. The van der Waals surface area contributed by atoms with E-state index in [-0.39, 0.29) is 10.6 Å². The molecular weight excluding hydrogens is 274 g/mol. The van der Waals surface area contributed by atoms with Crippen LogP contribution in [0.1, 0.15) is 6.42 Å². The Morgan fingerprint density at radius 2 is 2.39 bits per heavy atom. The number of hydrogen-bond acceptors (Lipinski definition) is 4. The summed E-state index contributed by atoms with van der Waals surface area (Å²) in [5, 5.41) is 7.09. The zero-order valence-electron chi connectivity index (χ0n) is 10.2. The lowest BCUT2D eigenvalue weighted by atomic mass is 10.4. The summed E-state index contributed by atoms with van der Waals surface area (Å²) < 4.78 is 12.1. The van der Waals surface area contributed by atoms with Crippen molar-refractivity contribution in [1.29, 1.82) is 0 Å². The minimum Gasteiger partial charge on any atom is -0.382 e. The van der Waals surface area contributed by atoms with Gasteiger partial charge in [0.05, 0.1) is 18.4 Å². The molecule has 0 bridgehead atoms. The molecule has 0 aromatic carbocycles. The van der Waals surface area contributed by atoms with Gasteiger partial charge in [-0.1, -0.05) is 17.7 Å². The van der Waals surface area contributed by atoms with E-state index in [1.807, 2.05) is 0 Å². The van der Waals surface area contributed by atoms with E-state index in [4.69, 9.17) is 11.6 Å². The second-order valence-corrected chi connectivity index (χ2v) is 5.64. The van der Waals surface area contributed by atoms with Gasteiger partial charge < -0.3 is 5.32 Å². The van der Waals surface area contributed by atoms with Crippen LogP contribution in [-0.2, 0) is 17.3 Å². The van der Waals surface area contributed by atoms with Crippen LogP contribution in [0.5, 0.6) is 0 Å². The van der Waals surface area contributed by atoms with E-state index >= 15 is 0 Å². The Kier molecular flexibility index (Phi) is 6.07. The lowest BCUT2D eigenvalue weighted by Crippen LogP contribution is -2.24. The predicted octanol–water partition coefficient (Wildman–Crippen LogP) is 1.26. The van der Waals surface area contributed by atoms with Crippen LogP contribution in [0.15, 0.2) is 23.6 Å². The summed E-state index contributed by atoms with van der Waals surface area (Å²) in [6.45, 7) is 4.47. The Balaban J connectivity index is 2.67. The van der Waals surface area contributed by atoms with Crippen molar-refractivity contribution in [2.75, 3.05) is 23.9 Å². The average molecular weight is 290 g/mol. The summed E-state index contributed by atoms with van der Waals surface area (Å²) in [5.74, 6) is 0.617. The van der Waals surface area contributed by atoms with E-state index in [0.717, 1.165) is 6.42 Å². The van der Waals surface area contributed by atoms with Crippen molar-refractivity contribution in [1.82, 2.24) is 9.78 Å². The van der Waals surface area contributed by atoms with Crippen LogP contribution in [0.3, 0.4) is 0 Å². The lowest BCUT2D eigenvalue weighted by Gasteiger charge is -2.08. The van der Waals surface area contributed by atoms with Crippen molar-refractivity contribution < 1.29 is 4.21 Å². The largest absolute Gasteiger partial charge is 0.382 e. The number of allylic oxidation sites excluding steroid dienone is 1. The quantitative estimate of drug-likeness (QED) is 0.606. The van der Waals surface area contributed by atoms with Gasteiger partial charge >= 0.3 is 0 Å². The Hall–Kier alpha value is -1.14. The fraction of sp³-hybridized carbons (Fsp3) is 0.455. The summed E-state index contributed by atoms with van der Waals surface area (Å²) in [5.41, 5.74) is 0.157. The molecule has 0 aliphatic rings. The number of nitrogens with one attached hydrogen (secondary N) is 1. The summed E-state index contributed by atoms with van der Waals surface area (Å²) >= 11 is 5.95. The lowest BCUT2D eigenvalue weighted by molar-refractivity contribution is 0.653. The summed E-state index contributed by atoms with van der Waals surface area (Å²) in [6, 6.07) is 0. The molecule has 0 amide bonds. The van der Waals surface area contributed by atoms with Crippen molar-refractivity contribution in [3.63, 3.8) is 0 Å². The molecule has 1 atom stereocenters. The maximum Gasteiger partial charge on any atom is 0.287 e. The SMILES string of the molecule is C=CCn1ncc(NCCCS(C)=O)c(Cl)c1=O. The Labute approximate surface area is 113 Å². The van der Waals surface area contributed by atoms with Crippen LogP contribution in [0.4, 0.5) is 5.69 Å². The normalized spacial score (nSPS) is 12.1. The van der Waals surface area contributed by atoms with Gasteiger partial charge in [-0.3, -0.25) is 9.00 Å². The molecule has 0 aliphatic heterocycles. The van der Waals surface area contributed by atoms with Crippen LogP contribution >= 0.6 is 11.6 Å². The van der Waals surface area contributed by atoms with E-state index < -0.39 is 10.8 Å². The van der Waals surface area contributed by atoms with Crippen LogP contribution in [0.25, 0.3) is 0 Å². The molecule has 5 nitrogen and oxygen atoms in total. The zero-order valence-corrected chi connectivity index (χ0v) is 11.8. The monoisotopic (exact) mass is 289 g/mol. The van der Waals surface area contributed by atoms with E-state index in [1.165, 1.54) is 10.9 Å². The fourth-order valence-corrected chi connectivity index (χ4v) is 2.10. The highest BCUT2D eigenvalue weighted by atomic mass is 35.5. The minimum absolute atomic E-state index is 0.115. The second-order valence-electron chi connectivity index (χ2n) is 3.71. The van der Waals surface area contributed by atoms with Crippen molar-refractivity contribution in [3.05, 3.63) is 34.2 Å².